The summed E-state index contributed by atoms with van der Waals surface area (Å²) in [5, 5.41) is 8.31. The quantitative estimate of drug-likeness (QED) is 0.161. The lowest BCUT2D eigenvalue weighted by molar-refractivity contribution is 0.696. The van der Waals surface area contributed by atoms with Gasteiger partial charge in [0.25, 0.3) is 0 Å². The average Bonchev–Trinajstić information content (AvgIpc) is 2.86. The Morgan fingerprint density at radius 3 is 1.42 bits per heavy atom. The molecule has 0 atom stereocenters. The molecule has 38 heavy (non-hydrogen) atoms. The maximum atomic E-state index is 4.90. The van der Waals surface area contributed by atoms with E-state index in [-0.39, 0.29) is 0 Å². The Morgan fingerprint density at radius 2 is 1.03 bits per heavy atom. The van der Waals surface area contributed by atoms with Gasteiger partial charge in [0.15, 0.2) is 5.17 Å². The first-order valence-electron chi connectivity index (χ1n) is 14.5. The summed E-state index contributed by atoms with van der Waals surface area (Å²) in [7, 11) is 0. The number of unbranched alkanes of at least 4 members (excludes halogenated alkanes) is 2. The van der Waals surface area contributed by atoms with Crippen LogP contribution >= 0.6 is 11.8 Å². The molecule has 2 aromatic rings. The monoisotopic (exact) mass is 536 g/mol. The molecule has 0 aliphatic carbocycles. The van der Waals surface area contributed by atoms with Gasteiger partial charge in [-0.3, -0.25) is 9.98 Å². The normalized spacial score (nSPS) is 12.8. The smallest absolute Gasteiger partial charge is 0.160 e. The Morgan fingerprint density at radius 1 is 0.632 bits per heavy atom. The molecule has 2 N–H and O–H groups in total. The molecule has 5 heteroatoms. The van der Waals surface area contributed by atoms with Crippen LogP contribution in [0.2, 0.25) is 0 Å². The van der Waals surface area contributed by atoms with E-state index in [4.69, 9.17) is 9.98 Å². The van der Waals surface area contributed by atoms with Gasteiger partial charge in [-0.1, -0.05) is 104 Å². The first-order chi connectivity index (χ1) is 18.1. The fourth-order valence-electron chi connectivity index (χ4n) is 4.70. The van der Waals surface area contributed by atoms with Crippen LogP contribution in [0.25, 0.3) is 0 Å². The molecule has 0 radical (unpaired) electrons. The molecule has 210 valence electrons. The predicted octanol–water partition coefficient (Wildman–Crippen LogP) is 10.0. The van der Waals surface area contributed by atoms with Crippen molar-refractivity contribution in [2.24, 2.45) is 9.98 Å². The van der Waals surface area contributed by atoms with E-state index in [9.17, 15) is 0 Å². The molecule has 0 aliphatic rings. The number of para-hydroxylation sites is 2. The zero-order valence-electron chi connectivity index (χ0n) is 25.6. The van der Waals surface area contributed by atoms with Crippen molar-refractivity contribution in [3.05, 3.63) is 58.7 Å². The number of anilines is 2. The second-order valence-corrected chi connectivity index (χ2v) is 12.2. The lowest BCUT2D eigenvalue weighted by atomic mass is 9.92. The van der Waals surface area contributed by atoms with Crippen LogP contribution in [-0.2, 0) is 0 Å². The van der Waals surface area contributed by atoms with E-state index in [1.54, 1.807) is 11.8 Å². The van der Waals surface area contributed by atoms with E-state index in [0.29, 0.717) is 23.7 Å². The fraction of sp³-hybridized carbons (Fsp3) is 0.576. The van der Waals surface area contributed by atoms with Gasteiger partial charge in [-0.2, -0.15) is 0 Å². The molecule has 0 aliphatic heterocycles. The van der Waals surface area contributed by atoms with Gasteiger partial charge in [-0.15, -0.1) is 0 Å². The molecule has 0 fully saturated rings. The van der Waals surface area contributed by atoms with E-state index < -0.39 is 0 Å². The van der Waals surface area contributed by atoms with Crippen molar-refractivity contribution >= 4 is 34.1 Å². The molecule has 0 spiro atoms. The highest BCUT2D eigenvalue weighted by atomic mass is 32.2. The Balaban J connectivity index is 1.91. The number of aliphatic imine (C=N–C) groups is 2. The van der Waals surface area contributed by atoms with Crippen LogP contribution in [0.5, 0.6) is 0 Å². The summed E-state index contributed by atoms with van der Waals surface area (Å²) in [5.41, 5.74) is 7.91. The Kier molecular flexibility index (Phi) is 13.4. The van der Waals surface area contributed by atoms with Crippen LogP contribution in [0.15, 0.2) is 46.4 Å². The minimum absolute atomic E-state index is 0.466. The number of hydrogen-bond acceptors (Lipinski definition) is 3. The molecule has 2 aromatic carbocycles. The largest absolute Gasteiger partial charge is 0.344 e. The Hall–Kier alpha value is -2.27. The van der Waals surface area contributed by atoms with E-state index in [0.717, 1.165) is 43.4 Å². The van der Waals surface area contributed by atoms with Crippen LogP contribution in [0.3, 0.4) is 0 Å². The van der Waals surface area contributed by atoms with Crippen molar-refractivity contribution in [3.8, 4) is 0 Å². The van der Waals surface area contributed by atoms with Gasteiger partial charge in [-0.25, -0.2) is 0 Å². The van der Waals surface area contributed by atoms with Crippen molar-refractivity contribution in [1.82, 2.24) is 0 Å². The summed E-state index contributed by atoms with van der Waals surface area (Å²) < 4.78 is 0. The number of nitrogens with one attached hydrogen (secondary N) is 2. The number of rotatable bonds is 12. The van der Waals surface area contributed by atoms with Crippen LogP contribution in [0, 0.1) is 0 Å². The SMILES string of the molecule is CSC(=NCCCCCN=C(C)Nc1c(C(C)C)cccc1C(C)C)Nc1c(C(C)C)cccc1C(C)C. The number of amidine groups is 2. The van der Waals surface area contributed by atoms with Gasteiger partial charge in [-0.05, 0) is 78.4 Å². The molecular formula is C33H52N4S. The van der Waals surface area contributed by atoms with Crippen molar-refractivity contribution in [3.63, 3.8) is 0 Å². The molecule has 4 nitrogen and oxygen atoms in total. The lowest BCUT2D eigenvalue weighted by Crippen LogP contribution is -2.13. The van der Waals surface area contributed by atoms with Crippen molar-refractivity contribution < 1.29 is 0 Å². The number of hydrogen-bond donors (Lipinski definition) is 2. The number of thioether (sulfide) groups is 1. The number of nitrogens with zero attached hydrogens (tertiary/aromatic N) is 2. The van der Waals surface area contributed by atoms with Gasteiger partial charge < -0.3 is 10.6 Å². The number of benzene rings is 2. The fourth-order valence-corrected chi connectivity index (χ4v) is 5.13. The molecule has 0 amide bonds. The summed E-state index contributed by atoms with van der Waals surface area (Å²) in [6.45, 7) is 21.8. The highest BCUT2D eigenvalue weighted by Crippen LogP contribution is 2.34. The predicted molar refractivity (Wildman–Crippen MR) is 174 cm³/mol. The van der Waals surface area contributed by atoms with Crippen molar-refractivity contribution in [1.29, 1.82) is 0 Å². The Bertz CT molecular complexity index is 1010. The second-order valence-electron chi connectivity index (χ2n) is 11.4. The average molecular weight is 537 g/mol. The molecular weight excluding hydrogens is 484 g/mol. The minimum Gasteiger partial charge on any atom is -0.344 e. The molecule has 2 rings (SSSR count). The summed E-state index contributed by atoms with van der Waals surface area (Å²) in [6, 6.07) is 13.3. The third-order valence-electron chi connectivity index (χ3n) is 6.90. The summed E-state index contributed by atoms with van der Waals surface area (Å²) in [6.07, 6.45) is 5.38. The lowest BCUT2D eigenvalue weighted by Gasteiger charge is -2.21. The maximum Gasteiger partial charge on any atom is 0.160 e. The van der Waals surface area contributed by atoms with Crippen molar-refractivity contribution in [2.75, 3.05) is 30.0 Å². The highest BCUT2D eigenvalue weighted by Gasteiger charge is 2.15. The van der Waals surface area contributed by atoms with Crippen LogP contribution in [0.1, 0.15) is 128 Å². The minimum atomic E-state index is 0.466. The standard InChI is InChI=1S/C33H52N4S/c1-22(2)27-16-14-17-28(23(3)4)31(27)36-26(9)34-20-12-11-13-21-35-33(38-10)37-32-29(24(5)6)18-15-19-30(32)25(7)8/h14-19,22-25H,11-13,20-21H2,1-10H3,(H,34,36)(H,35,37). The molecule has 0 heterocycles. The second kappa shape index (κ2) is 16.0. The van der Waals surface area contributed by atoms with E-state index >= 15 is 0 Å². The Labute approximate surface area is 237 Å². The molecule has 0 aromatic heterocycles. The van der Waals surface area contributed by atoms with Crippen molar-refractivity contribution in [2.45, 2.75) is 105 Å². The van der Waals surface area contributed by atoms with E-state index in [2.05, 4.69) is 116 Å². The van der Waals surface area contributed by atoms with Gasteiger partial charge in [0.1, 0.15) is 0 Å². The van der Waals surface area contributed by atoms with Gasteiger partial charge in [0.05, 0.1) is 5.84 Å². The topological polar surface area (TPSA) is 48.8 Å². The zero-order chi connectivity index (χ0) is 28.2. The molecule has 0 saturated heterocycles. The highest BCUT2D eigenvalue weighted by molar-refractivity contribution is 8.13. The van der Waals surface area contributed by atoms with Crippen LogP contribution < -0.4 is 10.6 Å². The molecule has 0 unspecified atom stereocenters. The third kappa shape index (κ3) is 9.48. The van der Waals surface area contributed by atoms with Crippen LogP contribution in [-0.4, -0.2) is 30.3 Å². The van der Waals surface area contributed by atoms with E-state index in [1.165, 1.54) is 33.6 Å². The van der Waals surface area contributed by atoms with Gasteiger partial charge in [0, 0.05) is 24.5 Å². The summed E-state index contributed by atoms with van der Waals surface area (Å²) in [5.74, 6) is 2.88. The van der Waals surface area contributed by atoms with E-state index in [1.807, 2.05) is 0 Å². The van der Waals surface area contributed by atoms with Gasteiger partial charge >= 0.3 is 0 Å². The third-order valence-corrected chi connectivity index (χ3v) is 7.52. The first-order valence-corrected chi connectivity index (χ1v) is 15.7. The zero-order valence-corrected chi connectivity index (χ0v) is 26.4. The first kappa shape index (κ1) is 31.9. The maximum absolute atomic E-state index is 4.90. The summed E-state index contributed by atoms with van der Waals surface area (Å²) in [4.78, 5) is 9.73. The molecule has 0 bridgehead atoms. The van der Waals surface area contributed by atoms with Gasteiger partial charge in [0.2, 0.25) is 0 Å². The van der Waals surface area contributed by atoms with Crippen LogP contribution in [0.4, 0.5) is 11.4 Å². The summed E-state index contributed by atoms with van der Waals surface area (Å²) >= 11 is 1.69. The molecule has 0 saturated carbocycles.